The van der Waals surface area contributed by atoms with Crippen LogP contribution in [0, 0.1) is 10.1 Å². The molecule has 1 N–H and O–H groups in total. The molecule has 0 aliphatic carbocycles. The van der Waals surface area contributed by atoms with E-state index in [1.807, 2.05) is 31.2 Å². The Hall–Kier alpha value is -3.65. The van der Waals surface area contributed by atoms with Crippen LogP contribution in [0.2, 0.25) is 0 Å². The number of benzene rings is 2. The lowest BCUT2D eigenvalue weighted by Gasteiger charge is -2.07. The Bertz CT molecular complexity index is 1620. The van der Waals surface area contributed by atoms with E-state index in [1.54, 1.807) is 48.3 Å². The molecule has 3 aromatic heterocycles. The Morgan fingerprint density at radius 1 is 1.16 bits per heavy atom. The van der Waals surface area contributed by atoms with Gasteiger partial charge in [-0.1, -0.05) is 35.7 Å². The Morgan fingerprint density at radius 2 is 2.05 bits per heavy atom. The summed E-state index contributed by atoms with van der Waals surface area (Å²) in [6.07, 6.45) is 4.90. The minimum Gasteiger partial charge on any atom is -0.301 e. The van der Waals surface area contributed by atoms with Gasteiger partial charge in [0.2, 0.25) is 5.91 Å². The van der Waals surface area contributed by atoms with Crippen molar-refractivity contribution >= 4 is 85.0 Å². The van der Waals surface area contributed by atoms with E-state index in [0.29, 0.717) is 26.3 Å². The van der Waals surface area contributed by atoms with Gasteiger partial charge in [-0.25, -0.2) is 15.0 Å². The third kappa shape index (κ3) is 6.42. The van der Waals surface area contributed by atoms with Crippen molar-refractivity contribution in [1.82, 2.24) is 15.0 Å². The summed E-state index contributed by atoms with van der Waals surface area (Å²) in [6.45, 7) is 1.83. The van der Waals surface area contributed by atoms with Gasteiger partial charge in [0.1, 0.15) is 5.03 Å². The van der Waals surface area contributed by atoms with E-state index in [0.717, 1.165) is 14.6 Å². The molecule has 0 spiro atoms. The highest BCUT2D eigenvalue weighted by Gasteiger charge is 2.18. The molecule has 0 radical (unpaired) electrons. The number of rotatable bonds is 9. The number of thiazole rings is 2. The van der Waals surface area contributed by atoms with Crippen LogP contribution in [0.4, 0.5) is 16.5 Å². The largest absolute Gasteiger partial charge is 0.301 e. The zero-order valence-corrected chi connectivity index (χ0v) is 22.9. The number of nitro groups is 1. The van der Waals surface area contributed by atoms with Crippen LogP contribution in [0.25, 0.3) is 10.2 Å². The fourth-order valence-corrected chi connectivity index (χ4v) is 6.87. The highest BCUT2D eigenvalue weighted by molar-refractivity contribution is 8.02. The number of hydrogen-bond acceptors (Lipinski definition) is 11. The van der Waals surface area contributed by atoms with E-state index in [9.17, 15) is 14.9 Å². The van der Waals surface area contributed by atoms with Gasteiger partial charge in [-0.05, 0) is 48.9 Å². The van der Waals surface area contributed by atoms with Gasteiger partial charge in [-0.3, -0.25) is 19.9 Å². The molecule has 0 saturated heterocycles. The van der Waals surface area contributed by atoms with E-state index in [2.05, 4.69) is 25.3 Å². The van der Waals surface area contributed by atoms with Crippen molar-refractivity contribution in [3.8, 4) is 0 Å². The number of carbonyl (C=O) groups excluding carboxylic acids is 1. The molecular formula is C25H18N6O3S4. The molecule has 0 unspecified atom stereocenters. The van der Waals surface area contributed by atoms with Gasteiger partial charge in [0, 0.05) is 30.1 Å². The lowest BCUT2D eigenvalue weighted by molar-refractivity contribution is -0.387. The van der Waals surface area contributed by atoms with Crippen molar-refractivity contribution in [3.05, 3.63) is 88.0 Å². The summed E-state index contributed by atoms with van der Waals surface area (Å²) in [7, 11) is 0. The van der Waals surface area contributed by atoms with Gasteiger partial charge in [-0.2, -0.15) is 0 Å². The van der Waals surface area contributed by atoms with E-state index < -0.39 is 4.92 Å². The zero-order chi connectivity index (χ0) is 26.5. The predicted octanol–water partition coefficient (Wildman–Crippen LogP) is 7.08. The van der Waals surface area contributed by atoms with Crippen LogP contribution in [0.1, 0.15) is 12.5 Å². The first kappa shape index (κ1) is 26.0. The molecule has 5 aromatic rings. The molecule has 0 aliphatic rings. The van der Waals surface area contributed by atoms with E-state index >= 15 is 0 Å². The third-order valence-corrected chi connectivity index (χ3v) is 8.97. The molecular weight excluding hydrogens is 561 g/mol. The summed E-state index contributed by atoms with van der Waals surface area (Å²) in [6, 6.07) is 16.1. The first-order valence-electron chi connectivity index (χ1n) is 11.1. The molecule has 2 aromatic carbocycles. The molecule has 0 saturated carbocycles. The van der Waals surface area contributed by atoms with E-state index in [4.69, 9.17) is 0 Å². The summed E-state index contributed by atoms with van der Waals surface area (Å²) < 4.78 is 1.71. The number of anilines is 1. The number of pyridine rings is 1. The number of amides is 1. The van der Waals surface area contributed by atoms with Gasteiger partial charge >= 0.3 is 0 Å². The SMILES string of the molecule is C[C@H](Sc1nc2ccc(N=Cc3ccc(Sc4ccccn4)c([N+](=O)[O-])c3)cc2s1)C(=O)Nc1nccs1. The number of aromatic nitrogens is 3. The Kier molecular flexibility index (Phi) is 8.08. The average Bonchev–Trinajstić information content (AvgIpc) is 3.57. The number of nitrogens with one attached hydrogen (secondary N) is 1. The second-order valence-electron chi connectivity index (χ2n) is 7.73. The minimum absolute atomic E-state index is 0.00260. The van der Waals surface area contributed by atoms with Crippen LogP contribution in [0.15, 0.2) is 91.6 Å². The number of nitro benzene ring substituents is 1. The first-order valence-corrected chi connectivity index (χ1v) is 14.5. The fourth-order valence-electron chi connectivity index (χ4n) is 3.23. The topological polar surface area (TPSA) is 123 Å². The van der Waals surface area contributed by atoms with Crippen LogP contribution in [-0.4, -0.2) is 37.2 Å². The molecule has 13 heteroatoms. The summed E-state index contributed by atoms with van der Waals surface area (Å²) in [5.74, 6) is -0.131. The monoisotopic (exact) mass is 578 g/mol. The van der Waals surface area contributed by atoms with Gasteiger partial charge in [-0.15, -0.1) is 22.7 Å². The standard InChI is InChI=1S/C25H18N6O3S4/c1-15(23(32)30-24-27-10-11-35-24)36-25-29-18-7-6-17(13-21(18)38-25)28-14-16-5-8-20(19(12-16)31(33)34)37-22-4-2-3-9-26-22/h2-15H,1H3,(H,27,30,32)/t15-/m0/s1. The number of fused-ring (bicyclic) bond motifs is 1. The molecule has 9 nitrogen and oxygen atoms in total. The van der Waals surface area contributed by atoms with Crippen molar-refractivity contribution in [2.24, 2.45) is 4.99 Å². The smallest absolute Gasteiger partial charge is 0.283 e. The van der Waals surface area contributed by atoms with E-state index in [-0.39, 0.29) is 16.8 Å². The van der Waals surface area contributed by atoms with Crippen LogP contribution < -0.4 is 5.32 Å². The Balaban J connectivity index is 1.29. The number of hydrogen-bond donors (Lipinski definition) is 1. The quantitative estimate of drug-likeness (QED) is 0.0852. The second kappa shape index (κ2) is 11.8. The van der Waals surface area contributed by atoms with Crippen molar-refractivity contribution in [2.75, 3.05) is 5.32 Å². The van der Waals surface area contributed by atoms with Crippen molar-refractivity contribution < 1.29 is 9.72 Å². The number of thioether (sulfide) groups is 1. The molecule has 1 amide bonds. The van der Waals surface area contributed by atoms with Crippen LogP contribution in [-0.2, 0) is 4.79 Å². The molecule has 0 fully saturated rings. The summed E-state index contributed by atoms with van der Waals surface area (Å²) in [5, 5.41) is 17.2. The highest BCUT2D eigenvalue weighted by Crippen LogP contribution is 2.35. The van der Waals surface area contributed by atoms with Crippen LogP contribution in [0.5, 0.6) is 0 Å². The fraction of sp³-hybridized carbons (Fsp3) is 0.0800. The van der Waals surface area contributed by atoms with Gasteiger partial charge < -0.3 is 5.32 Å². The maximum atomic E-state index is 12.4. The third-order valence-electron chi connectivity index (χ3n) is 5.06. The number of carbonyl (C=O) groups is 1. The summed E-state index contributed by atoms with van der Waals surface area (Å²) in [5.41, 5.74) is 2.12. The second-order valence-corrected chi connectivity index (χ2v) is 12.3. The van der Waals surface area contributed by atoms with Crippen LogP contribution in [0.3, 0.4) is 0 Å². The van der Waals surface area contributed by atoms with Gasteiger partial charge in [0.25, 0.3) is 5.69 Å². The molecule has 3 heterocycles. The van der Waals surface area contributed by atoms with E-state index in [1.165, 1.54) is 52.3 Å². The predicted molar refractivity (Wildman–Crippen MR) is 154 cm³/mol. The minimum atomic E-state index is -0.399. The van der Waals surface area contributed by atoms with Crippen LogP contribution >= 0.6 is 46.2 Å². The van der Waals surface area contributed by atoms with Gasteiger partial charge in [0.15, 0.2) is 9.47 Å². The zero-order valence-electron chi connectivity index (χ0n) is 19.7. The summed E-state index contributed by atoms with van der Waals surface area (Å²) >= 11 is 5.48. The Morgan fingerprint density at radius 3 is 2.82 bits per heavy atom. The molecule has 5 rings (SSSR count). The average molecular weight is 579 g/mol. The van der Waals surface area contributed by atoms with Gasteiger partial charge in [0.05, 0.1) is 31.0 Å². The molecule has 190 valence electrons. The maximum Gasteiger partial charge on any atom is 0.283 e. The highest BCUT2D eigenvalue weighted by atomic mass is 32.2. The molecule has 0 aliphatic heterocycles. The number of nitrogens with zero attached hydrogens (tertiary/aromatic N) is 5. The molecule has 38 heavy (non-hydrogen) atoms. The molecule has 0 bridgehead atoms. The summed E-state index contributed by atoms with van der Waals surface area (Å²) in [4.78, 5) is 41.7. The van der Waals surface area contributed by atoms with Crippen molar-refractivity contribution in [3.63, 3.8) is 0 Å². The molecule has 1 atom stereocenters. The lowest BCUT2D eigenvalue weighted by atomic mass is 10.2. The Labute approximate surface area is 233 Å². The normalized spacial score (nSPS) is 12.1. The maximum absolute atomic E-state index is 12.4. The first-order chi connectivity index (χ1) is 18.4. The van der Waals surface area contributed by atoms with Crippen molar-refractivity contribution in [1.29, 1.82) is 0 Å². The number of aliphatic imine (C=N–C) groups is 1. The lowest BCUT2D eigenvalue weighted by Crippen LogP contribution is -2.22. The van der Waals surface area contributed by atoms with Crippen molar-refractivity contribution in [2.45, 2.75) is 26.4 Å².